The number of hydrogen-bond acceptors (Lipinski definition) is 14. The molecule has 49 heavy (non-hydrogen) atoms. The van der Waals surface area contributed by atoms with Crippen LogP contribution in [0.15, 0.2) is 60.7 Å². The molecule has 3 fully saturated rings. The summed E-state index contributed by atoms with van der Waals surface area (Å²) >= 11 is 0. The van der Waals surface area contributed by atoms with E-state index in [1.54, 1.807) is 24.3 Å². The standard InChI is InChI=1S/C35H42O14/c1-20(36)15-16-25(38)47-29-27(40-3)31(41-4)35(49-30(29)33(39)43-18-23-13-9-6-10-14-23)48-26-24-19-44-34(46-24)32(28(26)45-21(2)37)42-17-22-11-7-5-8-12-22/h5-14,24,26-32,34-35H,15-19H2,1-4H3/t24-,26+,27-,28-,29-,30-,31+,32+,34+,35+/m0/s1. The van der Waals surface area contributed by atoms with E-state index in [0.717, 1.165) is 5.56 Å². The molecule has 2 bridgehead atoms. The summed E-state index contributed by atoms with van der Waals surface area (Å²) in [7, 11) is 2.73. The number of carbonyl (C=O) groups is 4. The summed E-state index contributed by atoms with van der Waals surface area (Å²) in [6, 6.07) is 18.4. The number of carbonyl (C=O) groups excluding carboxylic acids is 4. The van der Waals surface area contributed by atoms with Crippen LogP contribution in [-0.4, -0.2) is 106 Å². The molecule has 5 rings (SSSR count). The molecule has 0 unspecified atom stereocenters. The van der Waals surface area contributed by atoms with Crippen molar-refractivity contribution in [3.63, 3.8) is 0 Å². The average Bonchev–Trinajstić information content (AvgIpc) is 3.54. The van der Waals surface area contributed by atoms with Crippen molar-refractivity contribution in [3.8, 4) is 0 Å². The van der Waals surface area contributed by atoms with E-state index in [1.165, 1.54) is 28.1 Å². The van der Waals surface area contributed by atoms with Crippen LogP contribution in [-0.2, 0) is 79.8 Å². The molecule has 3 aliphatic heterocycles. The van der Waals surface area contributed by atoms with Gasteiger partial charge < -0.3 is 52.2 Å². The minimum absolute atomic E-state index is 0.0518. The third-order valence-electron chi connectivity index (χ3n) is 8.34. The topological polar surface area (TPSA) is 161 Å². The van der Waals surface area contributed by atoms with Gasteiger partial charge in [-0.3, -0.25) is 9.59 Å². The van der Waals surface area contributed by atoms with Gasteiger partial charge in [0.05, 0.1) is 19.6 Å². The molecule has 3 heterocycles. The lowest BCUT2D eigenvalue weighted by Crippen LogP contribution is -2.65. The van der Waals surface area contributed by atoms with E-state index in [2.05, 4.69) is 0 Å². The molecule has 0 spiro atoms. The van der Waals surface area contributed by atoms with Crippen molar-refractivity contribution in [2.45, 2.75) is 101 Å². The lowest BCUT2D eigenvalue weighted by Gasteiger charge is -2.46. The molecular formula is C35H42O14. The number of Topliss-reactive ketones (excluding diaryl/α,β-unsaturated/α-hetero) is 1. The summed E-state index contributed by atoms with van der Waals surface area (Å²) in [6.45, 7) is 2.79. The number of fused-ring (bicyclic) bond motifs is 2. The Morgan fingerprint density at radius 1 is 0.714 bits per heavy atom. The molecule has 0 radical (unpaired) electrons. The quantitative estimate of drug-likeness (QED) is 0.198. The maximum absolute atomic E-state index is 13.7. The van der Waals surface area contributed by atoms with E-state index in [0.29, 0.717) is 5.56 Å². The molecular weight excluding hydrogens is 644 g/mol. The van der Waals surface area contributed by atoms with Crippen molar-refractivity contribution < 1.29 is 66.5 Å². The maximum atomic E-state index is 13.7. The highest BCUT2D eigenvalue weighted by molar-refractivity contribution is 5.81. The second kappa shape index (κ2) is 17.3. The molecule has 0 aliphatic carbocycles. The van der Waals surface area contributed by atoms with Crippen molar-refractivity contribution in [1.82, 2.24) is 0 Å². The van der Waals surface area contributed by atoms with Crippen molar-refractivity contribution in [2.24, 2.45) is 0 Å². The Labute approximate surface area is 284 Å². The van der Waals surface area contributed by atoms with Crippen LogP contribution in [0.25, 0.3) is 0 Å². The second-order valence-corrected chi connectivity index (χ2v) is 11.9. The number of rotatable bonds is 15. The Hall–Kier alpha value is -3.76. The molecule has 14 heteroatoms. The fraction of sp³-hybridized carbons (Fsp3) is 0.543. The lowest BCUT2D eigenvalue weighted by atomic mass is 9.96. The SMILES string of the molecule is CO[C@@H]1[C@@H](OC)[C@H](O[C@H]2[C@H](OC(C)=O)[C@@H](OCc3ccccc3)[C@@H]3OC[C@@H]2O3)O[C@H](C(=O)OCc2ccccc2)[C@H]1OC(=O)CCC(C)=O. The second-order valence-electron chi connectivity index (χ2n) is 11.9. The Morgan fingerprint density at radius 2 is 1.37 bits per heavy atom. The van der Waals surface area contributed by atoms with Gasteiger partial charge in [-0.05, 0) is 18.1 Å². The van der Waals surface area contributed by atoms with Crippen LogP contribution >= 0.6 is 0 Å². The van der Waals surface area contributed by atoms with Gasteiger partial charge in [0, 0.05) is 27.6 Å². The van der Waals surface area contributed by atoms with Crippen LogP contribution < -0.4 is 0 Å². The molecule has 0 amide bonds. The highest BCUT2D eigenvalue weighted by atomic mass is 16.8. The Kier molecular flexibility index (Phi) is 12.9. The predicted octanol–water partition coefficient (Wildman–Crippen LogP) is 2.42. The summed E-state index contributed by atoms with van der Waals surface area (Å²) in [5.41, 5.74) is 1.59. The number of esters is 3. The first-order valence-electron chi connectivity index (χ1n) is 16.0. The first-order valence-corrected chi connectivity index (χ1v) is 16.0. The van der Waals surface area contributed by atoms with E-state index in [1.807, 2.05) is 36.4 Å². The molecule has 2 aromatic carbocycles. The molecule has 0 N–H and O–H groups in total. The van der Waals surface area contributed by atoms with Crippen LogP contribution in [0, 0.1) is 0 Å². The first-order chi connectivity index (χ1) is 23.7. The maximum Gasteiger partial charge on any atom is 0.339 e. The fourth-order valence-electron chi connectivity index (χ4n) is 5.98. The van der Waals surface area contributed by atoms with Crippen LogP contribution in [0.2, 0.25) is 0 Å². The van der Waals surface area contributed by atoms with E-state index >= 15 is 0 Å². The van der Waals surface area contributed by atoms with Crippen molar-refractivity contribution >= 4 is 23.7 Å². The third-order valence-corrected chi connectivity index (χ3v) is 8.34. The molecule has 3 aliphatic rings. The van der Waals surface area contributed by atoms with Gasteiger partial charge in [0.25, 0.3) is 0 Å². The highest BCUT2D eigenvalue weighted by Gasteiger charge is 2.58. The number of methoxy groups -OCH3 is 2. The van der Waals surface area contributed by atoms with Crippen LogP contribution in [0.1, 0.15) is 37.8 Å². The first kappa shape index (κ1) is 36.5. The Balaban J connectivity index is 1.40. The highest BCUT2D eigenvalue weighted by Crippen LogP contribution is 2.37. The minimum atomic E-state index is -1.54. The monoisotopic (exact) mass is 686 g/mol. The Bertz CT molecular complexity index is 1400. The van der Waals surface area contributed by atoms with Gasteiger partial charge in [0.2, 0.25) is 0 Å². The lowest BCUT2D eigenvalue weighted by molar-refractivity contribution is -0.341. The minimum Gasteiger partial charge on any atom is -0.459 e. The van der Waals surface area contributed by atoms with Crippen molar-refractivity contribution in [1.29, 1.82) is 0 Å². The molecule has 266 valence electrons. The summed E-state index contributed by atoms with van der Waals surface area (Å²) in [6.07, 6.45) is -11.2. The molecule has 0 saturated carbocycles. The van der Waals surface area contributed by atoms with Gasteiger partial charge >= 0.3 is 17.9 Å². The van der Waals surface area contributed by atoms with Crippen LogP contribution in [0.4, 0.5) is 0 Å². The predicted molar refractivity (Wildman–Crippen MR) is 166 cm³/mol. The van der Waals surface area contributed by atoms with E-state index in [9.17, 15) is 19.2 Å². The summed E-state index contributed by atoms with van der Waals surface area (Å²) in [5, 5.41) is 0. The number of ketones is 1. The van der Waals surface area contributed by atoms with Gasteiger partial charge in [-0.1, -0.05) is 60.7 Å². The van der Waals surface area contributed by atoms with Crippen molar-refractivity contribution in [3.05, 3.63) is 71.8 Å². The van der Waals surface area contributed by atoms with Crippen LogP contribution in [0.3, 0.4) is 0 Å². The van der Waals surface area contributed by atoms with Gasteiger partial charge in [-0.15, -0.1) is 0 Å². The largest absolute Gasteiger partial charge is 0.459 e. The Morgan fingerprint density at radius 3 is 1.98 bits per heavy atom. The zero-order chi connectivity index (χ0) is 34.9. The van der Waals surface area contributed by atoms with E-state index in [4.69, 9.17) is 47.4 Å². The van der Waals surface area contributed by atoms with Crippen molar-refractivity contribution in [2.75, 3.05) is 20.8 Å². The average molecular weight is 687 g/mol. The van der Waals surface area contributed by atoms with Gasteiger partial charge in [-0.25, -0.2) is 4.79 Å². The molecule has 2 aromatic rings. The zero-order valence-corrected chi connectivity index (χ0v) is 27.8. The number of benzene rings is 2. The molecule has 3 saturated heterocycles. The summed E-state index contributed by atoms with van der Waals surface area (Å²) in [4.78, 5) is 50.4. The number of hydrogen-bond donors (Lipinski definition) is 0. The van der Waals surface area contributed by atoms with E-state index in [-0.39, 0.29) is 38.4 Å². The summed E-state index contributed by atoms with van der Waals surface area (Å²) in [5.74, 6) is -2.40. The third kappa shape index (κ3) is 9.28. The number of ether oxygens (including phenoxy) is 10. The fourth-order valence-corrected chi connectivity index (χ4v) is 5.98. The van der Waals surface area contributed by atoms with Gasteiger partial charge in [0.1, 0.15) is 42.9 Å². The van der Waals surface area contributed by atoms with Gasteiger partial charge in [-0.2, -0.15) is 0 Å². The van der Waals surface area contributed by atoms with Crippen LogP contribution in [0.5, 0.6) is 0 Å². The molecule has 0 aromatic heterocycles. The molecule has 14 nitrogen and oxygen atoms in total. The smallest absolute Gasteiger partial charge is 0.339 e. The zero-order valence-electron chi connectivity index (χ0n) is 27.8. The molecule has 10 atom stereocenters. The van der Waals surface area contributed by atoms with E-state index < -0.39 is 79.3 Å². The normalized spacial score (nSPS) is 30.7. The van der Waals surface area contributed by atoms with Gasteiger partial charge in [0.15, 0.2) is 30.9 Å². The summed E-state index contributed by atoms with van der Waals surface area (Å²) < 4.78 is 59.4.